The molecule has 1 saturated heterocycles. The molecule has 0 bridgehead atoms. The van der Waals surface area contributed by atoms with Crippen LogP contribution >= 0.6 is 11.6 Å². The number of carbonyl (C=O) groups is 2. The molecule has 1 aromatic carbocycles. The van der Waals surface area contributed by atoms with Crippen LogP contribution < -0.4 is 20.5 Å². The first-order chi connectivity index (χ1) is 11.5. The van der Waals surface area contributed by atoms with Crippen molar-refractivity contribution in [2.45, 2.75) is 18.9 Å². The molecule has 3 N–H and O–H groups in total. The van der Waals surface area contributed by atoms with Gasteiger partial charge in [0.2, 0.25) is 11.8 Å². The van der Waals surface area contributed by atoms with Crippen LogP contribution in [0.5, 0.6) is 11.5 Å². The molecule has 2 unspecified atom stereocenters. The number of hydrogen-bond donors (Lipinski definition) is 2. The third kappa shape index (κ3) is 2.59. The minimum atomic E-state index is -0.467. The van der Waals surface area contributed by atoms with E-state index in [0.29, 0.717) is 22.6 Å². The highest BCUT2D eigenvalue weighted by atomic mass is 35.5. The highest BCUT2D eigenvalue weighted by Gasteiger charge is 2.45. The fraction of sp³-hybridized carbons (Fsp3) is 0.267. The van der Waals surface area contributed by atoms with Crippen molar-refractivity contribution in [1.82, 2.24) is 5.32 Å². The summed E-state index contributed by atoms with van der Waals surface area (Å²) in [6.45, 7) is 0.107. The van der Waals surface area contributed by atoms with Gasteiger partial charge in [0.1, 0.15) is 16.3 Å². The van der Waals surface area contributed by atoms with Gasteiger partial charge in [-0.25, -0.2) is 4.99 Å². The molecule has 2 atom stereocenters. The Morgan fingerprint density at radius 1 is 1.46 bits per heavy atom. The topological polar surface area (TPSA) is 116 Å². The quantitative estimate of drug-likeness (QED) is 0.771. The zero-order valence-corrected chi connectivity index (χ0v) is 13.0. The van der Waals surface area contributed by atoms with Crippen molar-refractivity contribution < 1.29 is 23.8 Å². The van der Waals surface area contributed by atoms with Crippen molar-refractivity contribution in [2.24, 2.45) is 10.7 Å². The molecule has 0 spiro atoms. The van der Waals surface area contributed by atoms with E-state index in [1.54, 1.807) is 18.2 Å². The first-order valence-electron chi connectivity index (χ1n) is 7.20. The predicted octanol–water partition coefficient (Wildman–Crippen LogP) is 0.581. The average Bonchev–Trinajstić information content (AvgIpc) is 3.27. The molecule has 8 nitrogen and oxygen atoms in total. The van der Waals surface area contributed by atoms with E-state index in [9.17, 15) is 9.59 Å². The van der Waals surface area contributed by atoms with Gasteiger partial charge in [0.05, 0.1) is 13.0 Å². The fourth-order valence-corrected chi connectivity index (χ4v) is 2.67. The van der Waals surface area contributed by atoms with E-state index in [0.717, 1.165) is 0 Å². The Morgan fingerprint density at radius 3 is 3.08 bits per heavy atom. The number of benzene rings is 1. The lowest BCUT2D eigenvalue weighted by Crippen LogP contribution is -2.31. The normalized spacial score (nSPS) is 23.3. The number of nitrogens with one attached hydrogen (secondary N) is 1. The maximum atomic E-state index is 12.1. The summed E-state index contributed by atoms with van der Waals surface area (Å²) in [4.78, 5) is 27.1. The van der Waals surface area contributed by atoms with Crippen molar-refractivity contribution in [3.8, 4) is 11.5 Å². The van der Waals surface area contributed by atoms with E-state index in [4.69, 9.17) is 31.5 Å². The Bertz CT molecular complexity index is 820. The molecule has 4 rings (SSSR count). The maximum absolute atomic E-state index is 12.1. The van der Waals surface area contributed by atoms with Gasteiger partial charge in [-0.2, -0.15) is 0 Å². The molecule has 0 radical (unpaired) electrons. The zero-order chi connectivity index (χ0) is 16.8. The monoisotopic (exact) mass is 349 g/mol. The second-order valence-electron chi connectivity index (χ2n) is 5.38. The number of rotatable bonds is 4. The van der Waals surface area contributed by atoms with Crippen molar-refractivity contribution in [3.05, 3.63) is 28.3 Å². The number of nitrogens with two attached hydrogens (primary N) is 1. The Balaban J connectivity index is 1.65. The molecule has 3 heterocycles. The molecule has 0 aromatic heterocycles. The second-order valence-corrected chi connectivity index (χ2v) is 5.75. The Kier molecular flexibility index (Phi) is 3.43. The van der Waals surface area contributed by atoms with E-state index >= 15 is 0 Å². The number of aliphatic imine (C=N–C) groups is 1. The highest BCUT2D eigenvalue weighted by molar-refractivity contribution is 6.35. The first-order valence-corrected chi connectivity index (χ1v) is 7.58. The smallest absolute Gasteiger partial charge is 0.258 e. The summed E-state index contributed by atoms with van der Waals surface area (Å²) in [6.07, 6.45) is 0.874. The van der Waals surface area contributed by atoms with Gasteiger partial charge in [0.15, 0.2) is 18.2 Å². The Hall–Kier alpha value is -2.58. The molecule has 1 aromatic rings. The minimum absolute atomic E-state index is 0.0750. The van der Waals surface area contributed by atoms with Gasteiger partial charge in [-0.05, 0) is 18.2 Å². The number of hydrogen-bond acceptors (Lipinski definition) is 6. The molecule has 124 valence electrons. The maximum Gasteiger partial charge on any atom is 0.258 e. The standard InChI is InChI=1S/C15H12ClN3O5/c16-10-8(22-4-3-9(17)20)2-1-6-5-7-12(21)18-14-15(24-14)19-13(7)23-11(6)10/h1-2,5,14-15H,3-4H2,(H2,17,20)(H,18,21). The van der Waals surface area contributed by atoms with E-state index in [1.165, 1.54) is 0 Å². The van der Waals surface area contributed by atoms with Crippen LogP contribution in [0.15, 0.2) is 22.7 Å². The summed E-state index contributed by atoms with van der Waals surface area (Å²) in [5.74, 6) is 0.0598. The fourth-order valence-electron chi connectivity index (χ4n) is 2.40. The van der Waals surface area contributed by atoms with E-state index in [1.807, 2.05) is 0 Å². The number of primary amides is 1. The van der Waals surface area contributed by atoms with Crippen molar-refractivity contribution in [2.75, 3.05) is 6.61 Å². The van der Waals surface area contributed by atoms with Gasteiger partial charge < -0.3 is 25.3 Å². The minimum Gasteiger partial charge on any atom is -0.491 e. The number of carbonyl (C=O) groups excluding carboxylic acids is 2. The number of epoxide rings is 1. The summed E-state index contributed by atoms with van der Waals surface area (Å²) in [7, 11) is 0. The molecule has 1 fully saturated rings. The lowest BCUT2D eigenvalue weighted by atomic mass is 10.1. The van der Waals surface area contributed by atoms with Crippen LogP contribution in [0.25, 0.3) is 6.08 Å². The van der Waals surface area contributed by atoms with Crippen LogP contribution in [0.4, 0.5) is 0 Å². The predicted molar refractivity (Wildman–Crippen MR) is 83.6 cm³/mol. The van der Waals surface area contributed by atoms with Crippen LogP contribution in [-0.4, -0.2) is 36.8 Å². The molecule has 3 aliphatic rings. The molecule has 0 saturated carbocycles. The molecular weight excluding hydrogens is 338 g/mol. The van der Waals surface area contributed by atoms with E-state index in [-0.39, 0.29) is 29.9 Å². The molecular formula is C15H12ClN3O5. The average molecular weight is 350 g/mol. The highest BCUT2D eigenvalue weighted by Crippen LogP contribution is 2.41. The lowest BCUT2D eigenvalue weighted by molar-refractivity contribution is -0.119. The zero-order valence-electron chi connectivity index (χ0n) is 12.2. The van der Waals surface area contributed by atoms with Gasteiger partial charge in [-0.1, -0.05) is 11.6 Å². The SMILES string of the molecule is NC(=O)CCOc1ccc2c(c1Cl)OC1=NC3OC3NC(=O)C1=C2. The summed E-state index contributed by atoms with van der Waals surface area (Å²) < 4.78 is 16.3. The number of halogens is 1. The van der Waals surface area contributed by atoms with Crippen molar-refractivity contribution in [1.29, 1.82) is 0 Å². The van der Waals surface area contributed by atoms with Crippen molar-refractivity contribution in [3.63, 3.8) is 0 Å². The van der Waals surface area contributed by atoms with Gasteiger partial charge in [-0.15, -0.1) is 0 Å². The number of amides is 2. The van der Waals surface area contributed by atoms with E-state index in [2.05, 4.69) is 10.3 Å². The van der Waals surface area contributed by atoms with Gasteiger partial charge in [0.25, 0.3) is 5.91 Å². The van der Waals surface area contributed by atoms with Crippen LogP contribution in [-0.2, 0) is 14.3 Å². The first kappa shape index (κ1) is 15.0. The third-order valence-corrected chi connectivity index (χ3v) is 4.02. The van der Waals surface area contributed by atoms with Gasteiger partial charge in [-0.3, -0.25) is 9.59 Å². The summed E-state index contributed by atoms with van der Waals surface area (Å²) >= 11 is 6.31. The third-order valence-electron chi connectivity index (χ3n) is 3.66. The van der Waals surface area contributed by atoms with Gasteiger partial charge in [0, 0.05) is 5.56 Å². The molecule has 9 heteroatoms. The summed E-state index contributed by atoms with van der Waals surface area (Å²) in [6, 6.07) is 3.35. The largest absolute Gasteiger partial charge is 0.491 e. The Labute approximate surface area is 141 Å². The van der Waals surface area contributed by atoms with Crippen LogP contribution in [0.1, 0.15) is 12.0 Å². The van der Waals surface area contributed by atoms with Crippen molar-refractivity contribution >= 4 is 35.4 Å². The molecule has 2 amide bonds. The van der Waals surface area contributed by atoms with E-state index < -0.39 is 18.4 Å². The lowest BCUT2D eigenvalue weighted by Gasteiger charge is -2.20. The summed E-state index contributed by atoms with van der Waals surface area (Å²) in [5.41, 5.74) is 6.02. The molecule has 24 heavy (non-hydrogen) atoms. The number of nitrogens with zero attached hydrogens (tertiary/aromatic N) is 1. The Morgan fingerprint density at radius 2 is 2.29 bits per heavy atom. The molecule has 3 aliphatic heterocycles. The summed E-state index contributed by atoms with van der Waals surface area (Å²) in [5, 5.41) is 2.91. The van der Waals surface area contributed by atoms with Gasteiger partial charge >= 0.3 is 0 Å². The van der Waals surface area contributed by atoms with Crippen LogP contribution in [0.3, 0.4) is 0 Å². The number of ether oxygens (including phenoxy) is 3. The molecule has 0 aliphatic carbocycles. The van der Waals surface area contributed by atoms with Crippen LogP contribution in [0.2, 0.25) is 5.02 Å². The number of fused-ring (bicyclic) bond motifs is 3. The second kappa shape index (κ2) is 5.50. The van der Waals surface area contributed by atoms with Crippen LogP contribution in [0, 0.1) is 0 Å².